The largest absolute Gasteiger partial charge is 0.379 e. The third-order valence-corrected chi connectivity index (χ3v) is 5.45. The number of ether oxygens (including phenoxy) is 1. The smallest absolute Gasteiger partial charge is 0.243 e. The number of hydrogen-bond donors (Lipinski definition) is 0. The topological polar surface area (TPSA) is 46.6 Å². The maximum Gasteiger partial charge on any atom is 0.243 e. The molecule has 1 saturated heterocycles. The molecule has 100 valence electrons. The summed E-state index contributed by atoms with van der Waals surface area (Å²) in [5, 5.41) is 0. The summed E-state index contributed by atoms with van der Waals surface area (Å²) in [6.45, 7) is 3.03. The Morgan fingerprint density at radius 1 is 1.33 bits per heavy atom. The molecule has 0 bridgehead atoms. The van der Waals surface area contributed by atoms with Gasteiger partial charge in [0.25, 0.3) is 0 Å². The van der Waals surface area contributed by atoms with Crippen molar-refractivity contribution in [1.29, 1.82) is 0 Å². The molecule has 0 N–H and O–H groups in total. The summed E-state index contributed by atoms with van der Waals surface area (Å²) in [6, 6.07) is 2.53. The summed E-state index contributed by atoms with van der Waals surface area (Å²) in [4.78, 5) is 0.137. The molecule has 4 nitrogen and oxygen atoms in total. The highest BCUT2D eigenvalue weighted by atomic mass is 79.9. The van der Waals surface area contributed by atoms with Crippen LogP contribution in [0.5, 0.6) is 0 Å². The lowest BCUT2D eigenvalue weighted by Crippen LogP contribution is -2.40. The first-order valence-corrected chi connectivity index (χ1v) is 7.70. The van der Waals surface area contributed by atoms with Crippen molar-refractivity contribution in [1.82, 2.24) is 4.31 Å². The predicted molar refractivity (Wildman–Crippen MR) is 68.4 cm³/mol. The molecule has 0 aromatic heterocycles. The first kappa shape index (κ1) is 13.9. The second-order valence-electron chi connectivity index (χ2n) is 4.05. The van der Waals surface area contributed by atoms with Crippen molar-refractivity contribution >= 4 is 26.0 Å². The first-order valence-electron chi connectivity index (χ1n) is 5.46. The summed E-state index contributed by atoms with van der Waals surface area (Å²) in [5.74, 6) is -0.464. The van der Waals surface area contributed by atoms with Gasteiger partial charge in [-0.1, -0.05) is 0 Å². The average Bonchev–Trinajstić information content (AvgIpc) is 2.34. The van der Waals surface area contributed by atoms with Crippen LogP contribution in [0.3, 0.4) is 0 Å². The van der Waals surface area contributed by atoms with Crippen LogP contribution in [-0.4, -0.2) is 39.0 Å². The predicted octanol–water partition coefficient (Wildman–Crippen LogP) is 1.92. The summed E-state index contributed by atoms with van der Waals surface area (Å²) < 4.78 is 44.8. The van der Waals surface area contributed by atoms with E-state index in [-0.39, 0.29) is 9.37 Å². The monoisotopic (exact) mass is 337 g/mol. The lowest BCUT2D eigenvalue weighted by molar-refractivity contribution is 0.0730. The van der Waals surface area contributed by atoms with E-state index < -0.39 is 15.8 Å². The van der Waals surface area contributed by atoms with Gasteiger partial charge < -0.3 is 4.74 Å². The Hall–Kier alpha value is -0.500. The summed E-state index contributed by atoms with van der Waals surface area (Å²) in [5.41, 5.74) is 0.405. The molecule has 0 radical (unpaired) electrons. The van der Waals surface area contributed by atoms with Crippen LogP contribution < -0.4 is 0 Å². The molecule has 0 atom stereocenters. The lowest BCUT2D eigenvalue weighted by atomic mass is 10.2. The SMILES string of the molecule is Cc1cc(F)c(Br)cc1S(=O)(=O)N1CCOCC1. The molecule has 1 aromatic rings. The molecule has 0 aliphatic carbocycles. The van der Waals surface area contributed by atoms with Crippen LogP contribution in [0.4, 0.5) is 4.39 Å². The van der Waals surface area contributed by atoms with E-state index >= 15 is 0 Å². The van der Waals surface area contributed by atoms with Crippen LogP contribution >= 0.6 is 15.9 Å². The second kappa shape index (κ2) is 5.24. The minimum atomic E-state index is -3.58. The van der Waals surface area contributed by atoms with Gasteiger partial charge in [-0.25, -0.2) is 12.8 Å². The molecular formula is C11H13BrFNO3S. The molecule has 1 aliphatic rings. The molecule has 7 heteroatoms. The van der Waals surface area contributed by atoms with Gasteiger partial charge in [0.2, 0.25) is 10.0 Å². The van der Waals surface area contributed by atoms with Crippen molar-refractivity contribution in [2.45, 2.75) is 11.8 Å². The highest BCUT2D eigenvalue weighted by Gasteiger charge is 2.28. The van der Waals surface area contributed by atoms with Gasteiger partial charge in [0, 0.05) is 13.1 Å². The Labute approximate surface area is 114 Å². The van der Waals surface area contributed by atoms with E-state index in [0.29, 0.717) is 31.9 Å². The van der Waals surface area contributed by atoms with E-state index in [9.17, 15) is 12.8 Å². The molecule has 18 heavy (non-hydrogen) atoms. The van der Waals surface area contributed by atoms with Gasteiger partial charge in [-0.3, -0.25) is 0 Å². The Morgan fingerprint density at radius 2 is 1.94 bits per heavy atom. The Morgan fingerprint density at radius 3 is 2.56 bits per heavy atom. The standard InChI is InChI=1S/C11H13BrFNO3S/c1-8-6-10(13)9(12)7-11(8)18(15,16)14-2-4-17-5-3-14/h6-7H,2-5H2,1H3. The number of hydrogen-bond acceptors (Lipinski definition) is 3. The van der Waals surface area contributed by atoms with Crippen LogP contribution in [0.15, 0.2) is 21.5 Å². The minimum Gasteiger partial charge on any atom is -0.379 e. The quantitative estimate of drug-likeness (QED) is 0.828. The van der Waals surface area contributed by atoms with Gasteiger partial charge >= 0.3 is 0 Å². The fourth-order valence-electron chi connectivity index (χ4n) is 1.83. The first-order chi connectivity index (χ1) is 8.43. The minimum absolute atomic E-state index is 0.137. The molecule has 1 heterocycles. The highest BCUT2D eigenvalue weighted by Crippen LogP contribution is 2.26. The Bertz CT molecular complexity index is 556. The van der Waals surface area contributed by atoms with Crippen molar-refractivity contribution in [3.63, 3.8) is 0 Å². The van der Waals surface area contributed by atoms with E-state index in [2.05, 4.69) is 15.9 Å². The molecule has 1 aromatic carbocycles. The zero-order chi connectivity index (χ0) is 13.3. The fourth-order valence-corrected chi connectivity index (χ4v) is 3.97. The molecule has 0 spiro atoms. The van der Waals surface area contributed by atoms with Crippen LogP contribution in [0.2, 0.25) is 0 Å². The average molecular weight is 338 g/mol. The van der Waals surface area contributed by atoms with Crippen LogP contribution in [0.1, 0.15) is 5.56 Å². The number of sulfonamides is 1. The maximum atomic E-state index is 13.3. The van der Waals surface area contributed by atoms with E-state index in [1.54, 1.807) is 6.92 Å². The van der Waals surface area contributed by atoms with E-state index in [0.717, 1.165) is 0 Å². The molecule has 0 saturated carbocycles. The van der Waals surface area contributed by atoms with E-state index in [1.165, 1.54) is 16.4 Å². The molecular weight excluding hydrogens is 325 g/mol. The van der Waals surface area contributed by atoms with Crippen molar-refractivity contribution in [3.05, 3.63) is 28.0 Å². The number of benzene rings is 1. The lowest BCUT2D eigenvalue weighted by Gasteiger charge is -2.26. The van der Waals surface area contributed by atoms with Crippen molar-refractivity contribution in [2.75, 3.05) is 26.3 Å². The number of aryl methyl sites for hydroxylation is 1. The number of morpholine rings is 1. The van der Waals surface area contributed by atoms with Gasteiger partial charge in [0.05, 0.1) is 22.6 Å². The van der Waals surface area contributed by atoms with Gasteiger partial charge in [0.1, 0.15) is 5.82 Å². The third-order valence-electron chi connectivity index (χ3n) is 2.81. The number of halogens is 2. The van der Waals surface area contributed by atoms with Crippen molar-refractivity contribution in [3.8, 4) is 0 Å². The Balaban J connectivity index is 2.43. The van der Waals surface area contributed by atoms with Gasteiger partial charge in [-0.15, -0.1) is 0 Å². The van der Waals surface area contributed by atoms with Crippen molar-refractivity contribution < 1.29 is 17.5 Å². The molecule has 2 rings (SSSR count). The van der Waals surface area contributed by atoms with E-state index in [4.69, 9.17) is 4.74 Å². The van der Waals surface area contributed by atoms with Gasteiger partial charge in [0.15, 0.2) is 0 Å². The maximum absolute atomic E-state index is 13.3. The third kappa shape index (κ3) is 2.59. The number of nitrogens with zero attached hydrogens (tertiary/aromatic N) is 1. The van der Waals surface area contributed by atoms with Gasteiger partial charge in [-0.05, 0) is 40.5 Å². The molecule has 1 fully saturated rings. The Kier molecular flexibility index (Phi) is 4.05. The van der Waals surface area contributed by atoms with E-state index in [1.807, 2.05) is 0 Å². The normalized spacial score (nSPS) is 17.9. The summed E-state index contributed by atoms with van der Waals surface area (Å²) in [7, 11) is -3.58. The zero-order valence-corrected chi connectivity index (χ0v) is 12.2. The summed E-state index contributed by atoms with van der Waals surface area (Å²) >= 11 is 3.01. The zero-order valence-electron chi connectivity index (χ0n) is 9.82. The fraction of sp³-hybridized carbons (Fsp3) is 0.455. The van der Waals surface area contributed by atoms with Gasteiger partial charge in [-0.2, -0.15) is 4.31 Å². The number of rotatable bonds is 2. The van der Waals surface area contributed by atoms with Crippen LogP contribution in [0, 0.1) is 12.7 Å². The van der Waals surface area contributed by atoms with Crippen LogP contribution in [-0.2, 0) is 14.8 Å². The molecule has 1 aliphatic heterocycles. The summed E-state index contributed by atoms with van der Waals surface area (Å²) in [6.07, 6.45) is 0. The van der Waals surface area contributed by atoms with Crippen LogP contribution in [0.25, 0.3) is 0 Å². The molecule has 0 unspecified atom stereocenters. The molecule has 0 amide bonds. The highest BCUT2D eigenvalue weighted by molar-refractivity contribution is 9.10. The second-order valence-corrected chi connectivity index (χ2v) is 6.81. The van der Waals surface area contributed by atoms with Crippen molar-refractivity contribution in [2.24, 2.45) is 0 Å².